The molecule has 1 saturated heterocycles. The maximum Gasteiger partial charge on any atom is 0.233 e. The second kappa shape index (κ2) is 5.98. The molecule has 1 heterocycles. The number of likely N-dealkylation sites (N-methyl/N-ethyl adjacent to an activating group) is 2. The Labute approximate surface area is 86.0 Å². The van der Waals surface area contributed by atoms with E-state index in [0.29, 0.717) is 12.6 Å². The first kappa shape index (κ1) is 11.5. The molecule has 0 radical (unpaired) electrons. The molecule has 0 spiro atoms. The van der Waals surface area contributed by atoms with E-state index in [4.69, 9.17) is 0 Å². The van der Waals surface area contributed by atoms with Crippen molar-refractivity contribution >= 4 is 5.91 Å². The standard InChI is InChI=1S/C10H21N3O/c1-11-10(14)8-13(2)7-9-5-3-4-6-12-9/h9,12H,3-8H2,1-2H3,(H,11,14). The Balaban J connectivity index is 2.18. The summed E-state index contributed by atoms with van der Waals surface area (Å²) in [6.45, 7) is 2.58. The van der Waals surface area contributed by atoms with E-state index >= 15 is 0 Å². The van der Waals surface area contributed by atoms with Gasteiger partial charge in [0.05, 0.1) is 6.54 Å². The van der Waals surface area contributed by atoms with Crippen molar-refractivity contribution < 1.29 is 4.79 Å². The molecule has 14 heavy (non-hydrogen) atoms. The number of carbonyl (C=O) groups is 1. The molecular formula is C10H21N3O. The molecule has 4 nitrogen and oxygen atoms in total. The highest BCUT2D eigenvalue weighted by atomic mass is 16.1. The third-order valence-electron chi connectivity index (χ3n) is 2.64. The third kappa shape index (κ3) is 4.07. The number of hydrogen-bond acceptors (Lipinski definition) is 3. The lowest BCUT2D eigenvalue weighted by molar-refractivity contribution is -0.121. The molecule has 1 unspecified atom stereocenters. The van der Waals surface area contributed by atoms with Crippen LogP contribution in [0, 0.1) is 0 Å². The van der Waals surface area contributed by atoms with E-state index in [1.54, 1.807) is 7.05 Å². The van der Waals surface area contributed by atoms with Crippen LogP contribution in [0.1, 0.15) is 19.3 Å². The predicted molar refractivity (Wildman–Crippen MR) is 57.2 cm³/mol. The van der Waals surface area contributed by atoms with Crippen LogP contribution in [0.15, 0.2) is 0 Å². The number of piperidine rings is 1. The Morgan fingerprint density at radius 3 is 2.93 bits per heavy atom. The Morgan fingerprint density at radius 1 is 1.57 bits per heavy atom. The van der Waals surface area contributed by atoms with Crippen molar-refractivity contribution in [2.45, 2.75) is 25.3 Å². The number of nitrogens with one attached hydrogen (secondary N) is 2. The number of carbonyl (C=O) groups excluding carboxylic acids is 1. The van der Waals surface area contributed by atoms with Crippen LogP contribution in [0.2, 0.25) is 0 Å². The number of hydrogen-bond donors (Lipinski definition) is 2. The van der Waals surface area contributed by atoms with Crippen LogP contribution < -0.4 is 10.6 Å². The van der Waals surface area contributed by atoms with Gasteiger partial charge in [0.2, 0.25) is 5.91 Å². The van der Waals surface area contributed by atoms with Crippen molar-refractivity contribution in [2.24, 2.45) is 0 Å². The molecule has 0 aromatic carbocycles. The molecule has 0 aliphatic carbocycles. The minimum Gasteiger partial charge on any atom is -0.358 e. The van der Waals surface area contributed by atoms with Gasteiger partial charge in [-0.1, -0.05) is 6.42 Å². The molecule has 82 valence electrons. The summed E-state index contributed by atoms with van der Waals surface area (Å²) in [4.78, 5) is 13.2. The summed E-state index contributed by atoms with van der Waals surface area (Å²) < 4.78 is 0. The molecule has 1 amide bonds. The Kier molecular flexibility index (Phi) is 4.90. The van der Waals surface area contributed by atoms with Gasteiger partial charge in [-0.15, -0.1) is 0 Å². The highest BCUT2D eigenvalue weighted by Crippen LogP contribution is 2.07. The molecule has 1 fully saturated rings. The molecule has 1 rings (SSSR count). The molecule has 2 N–H and O–H groups in total. The number of rotatable bonds is 4. The molecule has 1 aliphatic rings. The van der Waals surface area contributed by atoms with E-state index in [2.05, 4.69) is 15.5 Å². The zero-order valence-corrected chi connectivity index (χ0v) is 9.18. The summed E-state index contributed by atoms with van der Waals surface area (Å²) in [5.74, 6) is 0.0864. The predicted octanol–water partition coefficient (Wildman–Crippen LogP) is -0.194. The molecule has 0 aromatic rings. The van der Waals surface area contributed by atoms with E-state index in [9.17, 15) is 4.79 Å². The first-order valence-electron chi connectivity index (χ1n) is 5.35. The van der Waals surface area contributed by atoms with Crippen LogP contribution in [-0.2, 0) is 4.79 Å². The SMILES string of the molecule is CNC(=O)CN(C)CC1CCCCN1. The Bertz CT molecular complexity index is 178. The van der Waals surface area contributed by atoms with Gasteiger partial charge in [-0.2, -0.15) is 0 Å². The van der Waals surface area contributed by atoms with Crippen LogP contribution in [0.25, 0.3) is 0 Å². The fourth-order valence-corrected chi connectivity index (χ4v) is 1.84. The minimum absolute atomic E-state index is 0.0864. The van der Waals surface area contributed by atoms with E-state index in [1.165, 1.54) is 19.3 Å². The van der Waals surface area contributed by atoms with Gasteiger partial charge >= 0.3 is 0 Å². The highest BCUT2D eigenvalue weighted by Gasteiger charge is 2.15. The van der Waals surface area contributed by atoms with Gasteiger partial charge in [-0.3, -0.25) is 9.69 Å². The quantitative estimate of drug-likeness (QED) is 0.659. The van der Waals surface area contributed by atoms with Crippen molar-refractivity contribution in [1.29, 1.82) is 0 Å². The van der Waals surface area contributed by atoms with E-state index in [0.717, 1.165) is 13.1 Å². The van der Waals surface area contributed by atoms with Crippen molar-refractivity contribution in [2.75, 3.05) is 33.7 Å². The van der Waals surface area contributed by atoms with Gasteiger partial charge in [0.25, 0.3) is 0 Å². The van der Waals surface area contributed by atoms with E-state index in [-0.39, 0.29) is 5.91 Å². The van der Waals surface area contributed by atoms with Crippen molar-refractivity contribution in [3.05, 3.63) is 0 Å². The Hall–Kier alpha value is -0.610. The number of amides is 1. The molecule has 1 aliphatic heterocycles. The third-order valence-corrected chi connectivity index (χ3v) is 2.64. The first-order chi connectivity index (χ1) is 6.72. The molecule has 4 heteroatoms. The summed E-state index contributed by atoms with van der Waals surface area (Å²) in [6, 6.07) is 0.568. The fourth-order valence-electron chi connectivity index (χ4n) is 1.84. The summed E-state index contributed by atoms with van der Waals surface area (Å²) >= 11 is 0. The van der Waals surface area contributed by atoms with Crippen LogP contribution in [0.4, 0.5) is 0 Å². The van der Waals surface area contributed by atoms with Gasteiger partial charge in [0.1, 0.15) is 0 Å². The monoisotopic (exact) mass is 199 g/mol. The van der Waals surface area contributed by atoms with Crippen LogP contribution in [0.3, 0.4) is 0 Å². The van der Waals surface area contributed by atoms with Gasteiger partial charge in [0, 0.05) is 19.6 Å². The topological polar surface area (TPSA) is 44.4 Å². The van der Waals surface area contributed by atoms with E-state index in [1.807, 2.05) is 7.05 Å². The second-order valence-electron chi connectivity index (χ2n) is 4.02. The molecule has 0 bridgehead atoms. The average molecular weight is 199 g/mol. The highest BCUT2D eigenvalue weighted by molar-refractivity contribution is 5.77. The lowest BCUT2D eigenvalue weighted by Gasteiger charge is -2.27. The van der Waals surface area contributed by atoms with Crippen molar-refractivity contribution in [3.63, 3.8) is 0 Å². The van der Waals surface area contributed by atoms with Crippen LogP contribution in [0.5, 0.6) is 0 Å². The van der Waals surface area contributed by atoms with Crippen LogP contribution in [-0.4, -0.2) is 50.6 Å². The molecule has 1 atom stereocenters. The van der Waals surface area contributed by atoms with Gasteiger partial charge < -0.3 is 10.6 Å². The van der Waals surface area contributed by atoms with Crippen molar-refractivity contribution in [1.82, 2.24) is 15.5 Å². The minimum atomic E-state index is 0.0864. The van der Waals surface area contributed by atoms with Crippen molar-refractivity contribution in [3.8, 4) is 0 Å². The fraction of sp³-hybridized carbons (Fsp3) is 0.900. The van der Waals surface area contributed by atoms with Crippen LogP contribution >= 0.6 is 0 Å². The lowest BCUT2D eigenvalue weighted by atomic mass is 10.0. The molecular weight excluding hydrogens is 178 g/mol. The van der Waals surface area contributed by atoms with E-state index < -0.39 is 0 Å². The zero-order chi connectivity index (χ0) is 10.4. The Morgan fingerprint density at radius 2 is 2.36 bits per heavy atom. The lowest BCUT2D eigenvalue weighted by Crippen LogP contribution is -2.44. The maximum atomic E-state index is 11.1. The van der Waals surface area contributed by atoms with Gasteiger partial charge in [-0.05, 0) is 26.4 Å². The first-order valence-corrected chi connectivity index (χ1v) is 5.35. The molecule has 0 saturated carbocycles. The maximum absolute atomic E-state index is 11.1. The largest absolute Gasteiger partial charge is 0.358 e. The molecule has 0 aromatic heterocycles. The normalized spacial score (nSPS) is 22.4. The summed E-state index contributed by atoms with van der Waals surface area (Å²) in [5.41, 5.74) is 0. The zero-order valence-electron chi connectivity index (χ0n) is 9.18. The summed E-state index contributed by atoms with van der Waals surface area (Å²) in [7, 11) is 3.67. The number of nitrogens with zero attached hydrogens (tertiary/aromatic N) is 1. The second-order valence-corrected chi connectivity index (χ2v) is 4.02. The summed E-state index contributed by atoms with van der Waals surface area (Å²) in [5, 5.41) is 6.10. The average Bonchev–Trinajstić information content (AvgIpc) is 2.19. The van der Waals surface area contributed by atoms with Gasteiger partial charge in [-0.25, -0.2) is 0 Å². The smallest absolute Gasteiger partial charge is 0.233 e. The summed E-state index contributed by atoms with van der Waals surface area (Å²) in [6.07, 6.45) is 3.83. The van der Waals surface area contributed by atoms with Gasteiger partial charge in [0.15, 0.2) is 0 Å².